The Morgan fingerprint density at radius 2 is 1.89 bits per heavy atom. The maximum Gasteiger partial charge on any atom is 0.311 e. The molecule has 0 spiro atoms. The molecule has 1 amide bonds. The third kappa shape index (κ3) is 1.82. The molecule has 0 aromatic heterocycles. The predicted molar refractivity (Wildman–Crippen MR) is 68.1 cm³/mol. The molecule has 4 nitrogen and oxygen atoms in total. The molecule has 2 aliphatic rings. The molecule has 2 fully saturated rings. The minimum atomic E-state index is -0.755. The van der Waals surface area contributed by atoms with Gasteiger partial charge in [-0.15, -0.1) is 0 Å². The lowest BCUT2D eigenvalue weighted by Gasteiger charge is -2.29. The minimum Gasteiger partial charge on any atom is -0.481 e. The van der Waals surface area contributed by atoms with E-state index in [1.807, 2.05) is 20.8 Å². The van der Waals surface area contributed by atoms with Crippen molar-refractivity contribution >= 4 is 11.9 Å². The largest absolute Gasteiger partial charge is 0.481 e. The van der Waals surface area contributed by atoms with Crippen molar-refractivity contribution in [2.24, 2.45) is 16.7 Å². The average Bonchev–Trinajstić information content (AvgIpc) is 2.98. The Morgan fingerprint density at radius 1 is 1.28 bits per heavy atom. The monoisotopic (exact) mass is 253 g/mol. The molecule has 1 unspecified atom stereocenters. The van der Waals surface area contributed by atoms with E-state index in [2.05, 4.69) is 0 Å². The molecule has 0 radical (unpaired) electrons. The van der Waals surface area contributed by atoms with Crippen molar-refractivity contribution < 1.29 is 14.7 Å². The molecular weight excluding hydrogens is 230 g/mol. The van der Waals surface area contributed by atoms with E-state index < -0.39 is 11.4 Å². The highest BCUT2D eigenvalue weighted by molar-refractivity contribution is 5.87. The van der Waals surface area contributed by atoms with Crippen molar-refractivity contribution in [3.63, 3.8) is 0 Å². The van der Waals surface area contributed by atoms with Crippen LogP contribution in [0.2, 0.25) is 0 Å². The SMILES string of the molecule is CCC1(C(=O)N2CCC(C(=O)O)(C(C)C)C2)CC1. The van der Waals surface area contributed by atoms with Crippen molar-refractivity contribution in [1.29, 1.82) is 0 Å². The lowest BCUT2D eigenvalue weighted by molar-refractivity contribution is -0.151. The number of carbonyl (C=O) groups is 2. The second kappa shape index (κ2) is 4.25. The summed E-state index contributed by atoms with van der Waals surface area (Å²) >= 11 is 0. The van der Waals surface area contributed by atoms with E-state index in [0.29, 0.717) is 19.5 Å². The highest BCUT2D eigenvalue weighted by Gasteiger charge is 2.55. The molecule has 1 saturated carbocycles. The highest BCUT2D eigenvalue weighted by Crippen LogP contribution is 2.51. The molecule has 1 aliphatic carbocycles. The van der Waals surface area contributed by atoms with Gasteiger partial charge in [-0.3, -0.25) is 9.59 Å². The normalized spacial score (nSPS) is 29.7. The van der Waals surface area contributed by atoms with E-state index in [9.17, 15) is 14.7 Å². The summed E-state index contributed by atoms with van der Waals surface area (Å²) in [6.45, 7) is 6.92. The van der Waals surface area contributed by atoms with Crippen molar-refractivity contribution in [2.75, 3.05) is 13.1 Å². The van der Waals surface area contributed by atoms with Crippen LogP contribution in [0, 0.1) is 16.7 Å². The van der Waals surface area contributed by atoms with Gasteiger partial charge in [0.2, 0.25) is 5.91 Å². The number of hydrogen-bond acceptors (Lipinski definition) is 2. The van der Waals surface area contributed by atoms with E-state index in [4.69, 9.17) is 0 Å². The first-order valence-electron chi connectivity index (χ1n) is 6.91. The van der Waals surface area contributed by atoms with Crippen LogP contribution >= 0.6 is 0 Å². The summed E-state index contributed by atoms with van der Waals surface area (Å²) in [6, 6.07) is 0. The van der Waals surface area contributed by atoms with Crippen LogP contribution in [0.25, 0.3) is 0 Å². The number of amides is 1. The van der Waals surface area contributed by atoms with Crippen LogP contribution in [-0.2, 0) is 9.59 Å². The fraction of sp³-hybridized carbons (Fsp3) is 0.857. The van der Waals surface area contributed by atoms with Gasteiger partial charge >= 0.3 is 5.97 Å². The topological polar surface area (TPSA) is 57.6 Å². The fourth-order valence-electron chi connectivity index (χ4n) is 3.10. The summed E-state index contributed by atoms with van der Waals surface area (Å²) in [5.41, 5.74) is -0.884. The number of nitrogens with zero attached hydrogens (tertiary/aromatic N) is 1. The first-order valence-corrected chi connectivity index (χ1v) is 6.91. The van der Waals surface area contributed by atoms with Crippen LogP contribution in [0.15, 0.2) is 0 Å². The lowest BCUT2D eigenvalue weighted by atomic mass is 9.76. The Bertz CT molecular complexity index is 373. The first-order chi connectivity index (χ1) is 8.38. The molecule has 0 bridgehead atoms. The molecule has 0 aromatic rings. The Labute approximate surface area is 108 Å². The van der Waals surface area contributed by atoms with Gasteiger partial charge < -0.3 is 10.0 Å². The van der Waals surface area contributed by atoms with E-state index in [1.54, 1.807) is 4.90 Å². The van der Waals surface area contributed by atoms with E-state index >= 15 is 0 Å². The van der Waals surface area contributed by atoms with Crippen molar-refractivity contribution in [3.05, 3.63) is 0 Å². The summed E-state index contributed by atoms with van der Waals surface area (Å²) in [5, 5.41) is 9.47. The molecule has 1 N–H and O–H groups in total. The van der Waals surface area contributed by atoms with E-state index in [-0.39, 0.29) is 17.2 Å². The van der Waals surface area contributed by atoms with E-state index in [1.165, 1.54) is 0 Å². The Morgan fingerprint density at radius 3 is 2.22 bits per heavy atom. The summed E-state index contributed by atoms with van der Waals surface area (Å²) < 4.78 is 0. The maximum absolute atomic E-state index is 12.4. The number of hydrogen-bond donors (Lipinski definition) is 1. The third-order valence-corrected chi connectivity index (χ3v) is 5.10. The summed E-state index contributed by atoms with van der Waals surface area (Å²) in [6.07, 6.45) is 3.41. The van der Waals surface area contributed by atoms with Crippen LogP contribution in [0.1, 0.15) is 46.5 Å². The van der Waals surface area contributed by atoms with Gasteiger partial charge in [-0.2, -0.15) is 0 Å². The van der Waals surface area contributed by atoms with Gasteiger partial charge in [0.05, 0.1) is 5.41 Å². The highest BCUT2D eigenvalue weighted by atomic mass is 16.4. The smallest absolute Gasteiger partial charge is 0.311 e. The number of carboxylic acids is 1. The lowest BCUT2D eigenvalue weighted by Crippen LogP contribution is -2.42. The first kappa shape index (κ1) is 13.4. The van der Waals surface area contributed by atoms with Gasteiger partial charge in [-0.1, -0.05) is 20.8 Å². The molecule has 1 heterocycles. The molecule has 2 rings (SSSR count). The van der Waals surface area contributed by atoms with Gasteiger partial charge in [-0.05, 0) is 31.6 Å². The molecule has 0 aromatic carbocycles. The average molecular weight is 253 g/mol. The predicted octanol–water partition coefficient (Wildman–Crippen LogP) is 2.14. The third-order valence-electron chi connectivity index (χ3n) is 5.10. The zero-order valence-electron chi connectivity index (χ0n) is 11.5. The van der Waals surface area contributed by atoms with Crippen LogP contribution in [0.4, 0.5) is 0 Å². The molecule has 1 saturated heterocycles. The standard InChI is InChI=1S/C14H23NO3/c1-4-13(5-6-13)11(16)15-8-7-14(9-15,10(2)3)12(17)18/h10H,4-9H2,1-3H3,(H,17,18). The zero-order chi connectivity index (χ0) is 13.6. The molecule has 1 atom stereocenters. The van der Waals surface area contributed by atoms with Crippen molar-refractivity contribution in [3.8, 4) is 0 Å². The fourth-order valence-corrected chi connectivity index (χ4v) is 3.10. The van der Waals surface area contributed by atoms with Crippen LogP contribution in [0.5, 0.6) is 0 Å². The minimum absolute atomic E-state index is 0.0598. The number of likely N-dealkylation sites (tertiary alicyclic amines) is 1. The van der Waals surface area contributed by atoms with E-state index in [0.717, 1.165) is 19.3 Å². The number of rotatable bonds is 4. The molecule has 4 heteroatoms. The van der Waals surface area contributed by atoms with Crippen molar-refractivity contribution in [2.45, 2.75) is 46.5 Å². The number of aliphatic carboxylic acids is 1. The number of carbonyl (C=O) groups excluding carboxylic acids is 1. The summed E-state index contributed by atoms with van der Waals surface area (Å²) in [7, 11) is 0. The molecule has 1 aliphatic heterocycles. The Balaban J connectivity index is 2.12. The molecular formula is C14H23NO3. The quantitative estimate of drug-likeness (QED) is 0.835. The zero-order valence-corrected chi connectivity index (χ0v) is 11.5. The van der Waals surface area contributed by atoms with Crippen molar-refractivity contribution in [1.82, 2.24) is 4.90 Å². The maximum atomic E-state index is 12.4. The van der Waals surface area contributed by atoms with Gasteiger partial charge in [0.15, 0.2) is 0 Å². The van der Waals surface area contributed by atoms with Crippen LogP contribution < -0.4 is 0 Å². The van der Waals surface area contributed by atoms with Gasteiger partial charge in [0.1, 0.15) is 0 Å². The second-order valence-electron chi connectivity index (χ2n) is 6.23. The van der Waals surface area contributed by atoms with Gasteiger partial charge in [0.25, 0.3) is 0 Å². The second-order valence-corrected chi connectivity index (χ2v) is 6.23. The van der Waals surface area contributed by atoms with Gasteiger partial charge in [-0.25, -0.2) is 0 Å². The summed E-state index contributed by atoms with van der Waals surface area (Å²) in [5.74, 6) is -0.507. The molecule has 102 valence electrons. The molecule has 18 heavy (non-hydrogen) atoms. The van der Waals surface area contributed by atoms with Gasteiger partial charge in [0, 0.05) is 18.5 Å². The Hall–Kier alpha value is -1.06. The Kier molecular flexibility index (Phi) is 3.16. The van der Waals surface area contributed by atoms with Crippen LogP contribution in [-0.4, -0.2) is 35.0 Å². The number of carboxylic acid groups (broad SMARTS) is 1. The van der Waals surface area contributed by atoms with Crippen LogP contribution in [0.3, 0.4) is 0 Å². The summed E-state index contributed by atoms with van der Waals surface area (Å²) in [4.78, 5) is 25.8.